The zero-order valence-electron chi connectivity index (χ0n) is 15.1. The molecule has 7 heteroatoms. The molecular formula is C19H21N3O4. The molecule has 0 aliphatic carbocycles. The highest BCUT2D eigenvalue weighted by Crippen LogP contribution is 2.29. The number of rotatable bonds is 6. The molecule has 1 N–H and O–H groups in total. The van der Waals surface area contributed by atoms with Crippen LogP contribution in [0.4, 0.5) is 5.69 Å². The van der Waals surface area contributed by atoms with Crippen molar-refractivity contribution in [2.24, 2.45) is 5.10 Å². The Bertz CT molecular complexity index is 860. The standard InChI is InChI=1S/C19H21N3O4/c1-12(2)17-10-15(13(3)8-18(17)26-4)11-20-21-19(23)14-6-5-7-16(9-14)22(24)25/h5-12H,1-4H3,(H,21,23)/b20-11-. The van der Waals surface area contributed by atoms with Crippen molar-refractivity contribution in [2.45, 2.75) is 26.7 Å². The van der Waals surface area contributed by atoms with Gasteiger partial charge >= 0.3 is 0 Å². The van der Waals surface area contributed by atoms with E-state index < -0.39 is 10.8 Å². The number of benzene rings is 2. The van der Waals surface area contributed by atoms with Crippen LogP contribution < -0.4 is 10.2 Å². The second-order valence-electron chi connectivity index (χ2n) is 6.11. The minimum Gasteiger partial charge on any atom is -0.496 e. The van der Waals surface area contributed by atoms with Gasteiger partial charge in [-0.05, 0) is 47.7 Å². The molecule has 0 spiro atoms. The molecule has 26 heavy (non-hydrogen) atoms. The monoisotopic (exact) mass is 355 g/mol. The number of hydrogen-bond donors (Lipinski definition) is 1. The van der Waals surface area contributed by atoms with E-state index in [1.54, 1.807) is 13.3 Å². The summed E-state index contributed by atoms with van der Waals surface area (Å²) in [4.78, 5) is 22.3. The SMILES string of the molecule is COc1cc(C)c(/C=N\NC(=O)c2cccc([N+](=O)[O-])c2)cc1C(C)C. The Morgan fingerprint density at radius 2 is 2.04 bits per heavy atom. The third-order valence-electron chi connectivity index (χ3n) is 3.93. The van der Waals surface area contributed by atoms with E-state index >= 15 is 0 Å². The van der Waals surface area contributed by atoms with Crippen LogP contribution in [0.3, 0.4) is 0 Å². The maximum absolute atomic E-state index is 12.1. The van der Waals surface area contributed by atoms with Gasteiger partial charge in [-0.1, -0.05) is 19.9 Å². The van der Waals surface area contributed by atoms with Crippen molar-refractivity contribution in [3.8, 4) is 5.75 Å². The average molecular weight is 355 g/mol. The van der Waals surface area contributed by atoms with E-state index in [0.717, 1.165) is 22.4 Å². The summed E-state index contributed by atoms with van der Waals surface area (Å²) in [7, 11) is 1.63. The lowest BCUT2D eigenvalue weighted by Gasteiger charge is -2.14. The number of methoxy groups -OCH3 is 1. The first-order valence-electron chi connectivity index (χ1n) is 8.10. The minimum absolute atomic E-state index is 0.144. The van der Waals surface area contributed by atoms with Crippen molar-refractivity contribution in [3.05, 3.63) is 68.8 Å². The lowest BCUT2D eigenvalue weighted by Crippen LogP contribution is -2.17. The number of nitrogens with one attached hydrogen (secondary N) is 1. The van der Waals surface area contributed by atoms with Gasteiger partial charge in [0.25, 0.3) is 11.6 Å². The fourth-order valence-electron chi connectivity index (χ4n) is 2.47. The quantitative estimate of drug-likeness (QED) is 0.484. The molecule has 7 nitrogen and oxygen atoms in total. The number of nitro benzene ring substituents is 1. The van der Waals surface area contributed by atoms with Crippen LogP contribution in [0.2, 0.25) is 0 Å². The molecular weight excluding hydrogens is 334 g/mol. The van der Waals surface area contributed by atoms with Gasteiger partial charge in [-0.25, -0.2) is 5.43 Å². The van der Waals surface area contributed by atoms with Crippen LogP contribution in [0.25, 0.3) is 0 Å². The van der Waals surface area contributed by atoms with Crippen LogP contribution in [0, 0.1) is 17.0 Å². The van der Waals surface area contributed by atoms with Gasteiger partial charge in [-0.2, -0.15) is 5.10 Å². The van der Waals surface area contributed by atoms with E-state index in [1.165, 1.54) is 24.3 Å². The molecule has 136 valence electrons. The van der Waals surface area contributed by atoms with Gasteiger partial charge in [0.2, 0.25) is 0 Å². The Morgan fingerprint density at radius 3 is 2.65 bits per heavy atom. The summed E-state index contributed by atoms with van der Waals surface area (Å²) in [5.41, 5.74) is 5.28. The van der Waals surface area contributed by atoms with Crippen molar-refractivity contribution in [2.75, 3.05) is 7.11 Å². The Hall–Kier alpha value is -3.22. The van der Waals surface area contributed by atoms with Gasteiger partial charge < -0.3 is 4.74 Å². The maximum atomic E-state index is 12.1. The summed E-state index contributed by atoms with van der Waals surface area (Å²) in [6.45, 7) is 6.06. The maximum Gasteiger partial charge on any atom is 0.271 e. The number of carbonyl (C=O) groups excluding carboxylic acids is 1. The van der Waals surface area contributed by atoms with Crippen LogP contribution in [0.5, 0.6) is 5.75 Å². The van der Waals surface area contributed by atoms with E-state index in [4.69, 9.17) is 4.74 Å². The van der Waals surface area contributed by atoms with Gasteiger partial charge in [0, 0.05) is 17.7 Å². The summed E-state index contributed by atoms with van der Waals surface area (Å²) in [6, 6.07) is 9.39. The van der Waals surface area contributed by atoms with E-state index in [0.29, 0.717) is 0 Å². The number of ether oxygens (including phenoxy) is 1. The van der Waals surface area contributed by atoms with Crippen molar-refractivity contribution in [1.29, 1.82) is 0 Å². The number of amides is 1. The molecule has 0 aromatic heterocycles. The predicted molar refractivity (Wildman–Crippen MR) is 100.0 cm³/mol. The fourth-order valence-corrected chi connectivity index (χ4v) is 2.47. The molecule has 2 aromatic carbocycles. The third kappa shape index (κ3) is 4.44. The molecule has 0 heterocycles. The summed E-state index contributed by atoms with van der Waals surface area (Å²) < 4.78 is 5.40. The van der Waals surface area contributed by atoms with Crippen LogP contribution in [-0.2, 0) is 0 Å². The first-order valence-corrected chi connectivity index (χ1v) is 8.10. The summed E-state index contributed by atoms with van der Waals surface area (Å²) in [6.07, 6.45) is 1.55. The molecule has 0 unspecified atom stereocenters. The van der Waals surface area contributed by atoms with E-state index in [1.807, 2.05) is 19.1 Å². The number of aryl methyl sites for hydroxylation is 1. The number of nitrogens with zero attached hydrogens (tertiary/aromatic N) is 2. The molecule has 0 radical (unpaired) electrons. The molecule has 0 saturated heterocycles. The second kappa shape index (κ2) is 8.24. The first-order chi connectivity index (χ1) is 12.3. The molecule has 0 aliphatic rings. The van der Waals surface area contributed by atoms with Crippen LogP contribution in [0.15, 0.2) is 41.5 Å². The Morgan fingerprint density at radius 1 is 1.31 bits per heavy atom. The normalized spacial score (nSPS) is 11.0. The zero-order valence-corrected chi connectivity index (χ0v) is 15.1. The Kier molecular flexibility index (Phi) is 6.06. The van der Waals surface area contributed by atoms with Crippen LogP contribution in [0.1, 0.15) is 46.8 Å². The highest BCUT2D eigenvalue weighted by molar-refractivity contribution is 5.95. The lowest BCUT2D eigenvalue weighted by molar-refractivity contribution is -0.384. The third-order valence-corrected chi connectivity index (χ3v) is 3.93. The predicted octanol–water partition coefficient (Wildman–Crippen LogP) is 3.80. The van der Waals surface area contributed by atoms with Gasteiger partial charge in [0.15, 0.2) is 0 Å². The summed E-state index contributed by atoms with van der Waals surface area (Å²) in [5.74, 6) is 0.577. The largest absolute Gasteiger partial charge is 0.496 e. The average Bonchev–Trinajstić information content (AvgIpc) is 2.62. The molecule has 2 aromatic rings. The fraction of sp³-hybridized carbons (Fsp3) is 0.263. The molecule has 0 saturated carbocycles. The van der Waals surface area contributed by atoms with Gasteiger partial charge in [-0.3, -0.25) is 14.9 Å². The zero-order chi connectivity index (χ0) is 19.3. The number of hydrogen-bond acceptors (Lipinski definition) is 5. The number of non-ortho nitro benzene ring substituents is 1. The molecule has 0 bridgehead atoms. The van der Waals surface area contributed by atoms with Gasteiger partial charge in [-0.15, -0.1) is 0 Å². The molecule has 0 aliphatic heterocycles. The van der Waals surface area contributed by atoms with Crippen molar-refractivity contribution >= 4 is 17.8 Å². The molecule has 1 amide bonds. The Labute approximate surface area is 151 Å². The van der Waals surface area contributed by atoms with Crippen LogP contribution in [-0.4, -0.2) is 24.2 Å². The molecule has 0 atom stereocenters. The first kappa shape index (κ1) is 19.1. The van der Waals surface area contributed by atoms with Gasteiger partial charge in [0.05, 0.1) is 18.2 Å². The van der Waals surface area contributed by atoms with E-state index in [2.05, 4.69) is 24.4 Å². The van der Waals surface area contributed by atoms with E-state index in [9.17, 15) is 14.9 Å². The number of hydrazone groups is 1. The molecule has 2 rings (SSSR count). The smallest absolute Gasteiger partial charge is 0.271 e. The van der Waals surface area contributed by atoms with Gasteiger partial charge in [0.1, 0.15) is 5.75 Å². The molecule has 0 fully saturated rings. The summed E-state index contributed by atoms with van der Waals surface area (Å²) >= 11 is 0. The van der Waals surface area contributed by atoms with Crippen molar-refractivity contribution < 1.29 is 14.5 Å². The summed E-state index contributed by atoms with van der Waals surface area (Å²) in [5, 5.41) is 14.8. The second-order valence-corrected chi connectivity index (χ2v) is 6.11. The Balaban J connectivity index is 2.18. The highest BCUT2D eigenvalue weighted by atomic mass is 16.6. The highest BCUT2D eigenvalue weighted by Gasteiger charge is 2.12. The van der Waals surface area contributed by atoms with E-state index in [-0.39, 0.29) is 17.2 Å². The van der Waals surface area contributed by atoms with Crippen LogP contribution >= 0.6 is 0 Å². The van der Waals surface area contributed by atoms with Crippen molar-refractivity contribution in [1.82, 2.24) is 5.43 Å². The number of carbonyl (C=O) groups is 1. The topological polar surface area (TPSA) is 93.8 Å². The minimum atomic E-state index is -0.547. The van der Waals surface area contributed by atoms with Crippen molar-refractivity contribution in [3.63, 3.8) is 0 Å². The number of nitro groups is 1. The lowest BCUT2D eigenvalue weighted by atomic mass is 9.97.